The Balaban J connectivity index is 1.20. The summed E-state index contributed by atoms with van der Waals surface area (Å²) in [5, 5.41) is 6.08. The lowest BCUT2D eigenvalue weighted by atomic mass is 10.0. The second kappa shape index (κ2) is 9.42. The van der Waals surface area contributed by atoms with Gasteiger partial charge in [-0.05, 0) is 70.8 Å². The van der Waals surface area contributed by atoms with Crippen LogP contribution in [-0.4, -0.2) is 4.57 Å². The van der Waals surface area contributed by atoms with Crippen LogP contribution in [0.2, 0.25) is 0 Å². The maximum absolute atomic E-state index is 3.54. The van der Waals surface area contributed by atoms with Crippen molar-refractivity contribution < 1.29 is 0 Å². The van der Waals surface area contributed by atoms with E-state index in [1.54, 1.807) is 0 Å². The summed E-state index contributed by atoms with van der Waals surface area (Å²) < 4.78 is 2.36. The molecule has 0 aliphatic rings. The minimum Gasteiger partial charge on any atom is -0.356 e. The van der Waals surface area contributed by atoms with E-state index in [-0.39, 0.29) is 0 Å². The highest BCUT2D eigenvalue weighted by molar-refractivity contribution is 6.10. The fraction of sp³-hybridized carbons (Fsp3) is 0. The molecule has 0 atom stereocenters. The number of benzene rings is 6. The van der Waals surface area contributed by atoms with Crippen LogP contribution in [0, 0.1) is 0 Å². The lowest BCUT2D eigenvalue weighted by Gasteiger charge is -2.10. The van der Waals surface area contributed by atoms with Gasteiger partial charge in [-0.2, -0.15) is 0 Å². The third-order valence-electron chi connectivity index (χ3n) is 7.19. The van der Waals surface area contributed by atoms with Crippen molar-refractivity contribution >= 4 is 33.2 Å². The van der Waals surface area contributed by atoms with Gasteiger partial charge >= 0.3 is 0 Å². The van der Waals surface area contributed by atoms with Crippen LogP contribution in [-0.2, 0) is 0 Å². The fourth-order valence-corrected chi connectivity index (χ4v) is 5.29. The van der Waals surface area contributed by atoms with Gasteiger partial charge in [-0.1, -0.05) is 103 Å². The zero-order valence-corrected chi connectivity index (χ0v) is 20.9. The topological polar surface area (TPSA) is 17.0 Å². The Morgan fingerprint density at radius 2 is 0.868 bits per heavy atom. The molecule has 2 heteroatoms. The Hall–Kier alpha value is -5.08. The fourth-order valence-electron chi connectivity index (χ4n) is 5.29. The van der Waals surface area contributed by atoms with Crippen LogP contribution in [0.4, 0.5) is 11.4 Å². The first-order valence-electron chi connectivity index (χ1n) is 13.0. The summed E-state index contributed by atoms with van der Waals surface area (Å²) in [4.78, 5) is 0. The molecule has 0 radical (unpaired) electrons. The smallest absolute Gasteiger partial charge is 0.0547 e. The maximum atomic E-state index is 3.54. The molecule has 0 aliphatic heterocycles. The molecule has 38 heavy (non-hydrogen) atoms. The van der Waals surface area contributed by atoms with Crippen LogP contribution in [0.1, 0.15) is 0 Å². The Labute approximate surface area is 222 Å². The number of nitrogens with one attached hydrogen (secondary N) is 1. The second-order valence-electron chi connectivity index (χ2n) is 9.57. The summed E-state index contributed by atoms with van der Waals surface area (Å²) in [6, 6.07) is 53.8. The third-order valence-corrected chi connectivity index (χ3v) is 7.19. The van der Waals surface area contributed by atoms with E-state index >= 15 is 0 Å². The van der Waals surface area contributed by atoms with Gasteiger partial charge in [0.1, 0.15) is 0 Å². The average Bonchev–Trinajstić information content (AvgIpc) is 3.32. The van der Waals surface area contributed by atoms with Crippen LogP contribution in [0.15, 0.2) is 152 Å². The maximum Gasteiger partial charge on any atom is 0.0547 e. The van der Waals surface area contributed by atoms with Gasteiger partial charge in [-0.15, -0.1) is 0 Å². The van der Waals surface area contributed by atoms with Crippen molar-refractivity contribution in [2.24, 2.45) is 0 Å². The van der Waals surface area contributed by atoms with E-state index in [0.29, 0.717) is 0 Å². The lowest BCUT2D eigenvalue weighted by molar-refractivity contribution is 1.18. The second-order valence-corrected chi connectivity index (χ2v) is 9.57. The summed E-state index contributed by atoms with van der Waals surface area (Å²) in [6.07, 6.45) is 0. The average molecular weight is 487 g/mol. The predicted octanol–water partition coefficient (Wildman–Crippen LogP) is 9.86. The zero-order chi connectivity index (χ0) is 25.3. The minimum atomic E-state index is 1.07. The van der Waals surface area contributed by atoms with Gasteiger partial charge in [-0.3, -0.25) is 0 Å². The molecule has 180 valence electrons. The Morgan fingerprint density at radius 1 is 0.368 bits per heavy atom. The molecular formula is C36H26N2. The van der Waals surface area contributed by atoms with Gasteiger partial charge in [0.2, 0.25) is 0 Å². The van der Waals surface area contributed by atoms with E-state index in [1.807, 2.05) is 6.07 Å². The third kappa shape index (κ3) is 4.03. The molecule has 1 N–H and O–H groups in total. The number of para-hydroxylation sites is 2. The van der Waals surface area contributed by atoms with E-state index in [2.05, 4.69) is 155 Å². The minimum absolute atomic E-state index is 1.07. The van der Waals surface area contributed by atoms with Crippen molar-refractivity contribution in [3.8, 4) is 27.9 Å². The zero-order valence-electron chi connectivity index (χ0n) is 20.9. The van der Waals surface area contributed by atoms with Crippen LogP contribution < -0.4 is 5.32 Å². The number of hydrogen-bond donors (Lipinski definition) is 1. The van der Waals surface area contributed by atoms with Crippen LogP contribution >= 0.6 is 0 Å². The van der Waals surface area contributed by atoms with Crippen LogP contribution in [0.3, 0.4) is 0 Å². The summed E-state index contributed by atoms with van der Waals surface area (Å²) in [6.45, 7) is 0. The largest absolute Gasteiger partial charge is 0.356 e. The first-order valence-corrected chi connectivity index (χ1v) is 13.0. The number of aromatic nitrogens is 1. The van der Waals surface area contributed by atoms with Gasteiger partial charge in [-0.25, -0.2) is 0 Å². The normalized spacial score (nSPS) is 11.2. The van der Waals surface area contributed by atoms with Crippen LogP contribution in [0.25, 0.3) is 49.7 Å². The van der Waals surface area contributed by atoms with Gasteiger partial charge < -0.3 is 9.88 Å². The molecule has 0 aliphatic carbocycles. The summed E-state index contributed by atoms with van der Waals surface area (Å²) >= 11 is 0. The molecule has 0 fully saturated rings. The monoisotopic (exact) mass is 486 g/mol. The molecular weight excluding hydrogens is 460 g/mol. The molecule has 1 aromatic heterocycles. The molecule has 0 unspecified atom stereocenters. The van der Waals surface area contributed by atoms with E-state index in [4.69, 9.17) is 0 Å². The quantitative estimate of drug-likeness (QED) is 0.256. The standard InChI is InChI=1S/C36H26N2/c1-3-9-26(10-4-1)27-15-20-30(21-16-27)37-31-22-17-28(18-23-31)29-19-24-34-33-13-7-8-14-35(33)38(36(34)25-29)32-11-5-2-6-12-32/h1-25,37H. The number of anilines is 2. The Morgan fingerprint density at radius 3 is 1.55 bits per heavy atom. The summed E-state index contributed by atoms with van der Waals surface area (Å²) in [5.74, 6) is 0. The van der Waals surface area contributed by atoms with Crippen molar-refractivity contribution in [3.05, 3.63) is 152 Å². The van der Waals surface area contributed by atoms with E-state index < -0.39 is 0 Å². The molecule has 0 saturated heterocycles. The highest BCUT2D eigenvalue weighted by atomic mass is 15.0. The molecule has 2 nitrogen and oxygen atoms in total. The lowest BCUT2D eigenvalue weighted by Crippen LogP contribution is -1.93. The van der Waals surface area contributed by atoms with E-state index in [1.165, 1.54) is 49.7 Å². The molecule has 7 aromatic rings. The molecule has 7 rings (SSSR count). The first-order chi connectivity index (χ1) is 18.8. The van der Waals surface area contributed by atoms with Crippen molar-refractivity contribution in [2.45, 2.75) is 0 Å². The molecule has 1 heterocycles. The summed E-state index contributed by atoms with van der Waals surface area (Å²) in [5.41, 5.74) is 10.6. The van der Waals surface area contributed by atoms with Gasteiger partial charge in [0.05, 0.1) is 11.0 Å². The molecule has 0 spiro atoms. The van der Waals surface area contributed by atoms with Crippen molar-refractivity contribution in [2.75, 3.05) is 5.32 Å². The number of fused-ring (bicyclic) bond motifs is 3. The Bertz CT molecular complexity index is 1850. The van der Waals surface area contributed by atoms with E-state index in [9.17, 15) is 0 Å². The molecule has 0 amide bonds. The highest BCUT2D eigenvalue weighted by Gasteiger charge is 2.13. The van der Waals surface area contributed by atoms with E-state index in [0.717, 1.165) is 11.4 Å². The summed E-state index contributed by atoms with van der Waals surface area (Å²) in [7, 11) is 0. The number of rotatable bonds is 5. The molecule has 6 aromatic carbocycles. The Kier molecular flexibility index (Phi) is 5.49. The van der Waals surface area contributed by atoms with Crippen LogP contribution in [0.5, 0.6) is 0 Å². The van der Waals surface area contributed by atoms with Crippen molar-refractivity contribution in [1.29, 1.82) is 0 Å². The van der Waals surface area contributed by atoms with Crippen molar-refractivity contribution in [3.63, 3.8) is 0 Å². The number of hydrogen-bond acceptors (Lipinski definition) is 1. The number of nitrogens with zero attached hydrogens (tertiary/aromatic N) is 1. The highest BCUT2D eigenvalue weighted by Crippen LogP contribution is 2.35. The van der Waals surface area contributed by atoms with Crippen molar-refractivity contribution in [1.82, 2.24) is 4.57 Å². The first kappa shape index (κ1) is 22.1. The predicted molar refractivity (Wildman–Crippen MR) is 161 cm³/mol. The van der Waals surface area contributed by atoms with Gasteiger partial charge in [0.25, 0.3) is 0 Å². The van der Waals surface area contributed by atoms with Gasteiger partial charge in [0, 0.05) is 27.8 Å². The molecule has 0 saturated carbocycles. The molecule has 0 bridgehead atoms. The SMILES string of the molecule is c1ccc(-c2ccc(Nc3ccc(-c4ccc5c6ccccc6n(-c6ccccc6)c5c4)cc3)cc2)cc1. The van der Waals surface area contributed by atoms with Gasteiger partial charge in [0.15, 0.2) is 0 Å².